The lowest BCUT2D eigenvalue weighted by molar-refractivity contribution is -0.122. The van der Waals surface area contributed by atoms with Gasteiger partial charge in [-0.15, -0.1) is 21.5 Å². The van der Waals surface area contributed by atoms with Crippen molar-refractivity contribution < 1.29 is 4.79 Å². The van der Waals surface area contributed by atoms with Crippen molar-refractivity contribution in [3.8, 4) is 11.4 Å². The summed E-state index contributed by atoms with van der Waals surface area (Å²) < 4.78 is 0. The van der Waals surface area contributed by atoms with Crippen LogP contribution in [0.2, 0.25) is 0 Å². The molecule has 0 radical (unpaired) electrons. The van der Waals surface area contributed by atoms with Crippen LogP contribution < -0.4 is 5.32 Å². The summed E-state index contributed by atoms with van der Waals surface area (Å²) in [7, 11) is 0. The molecule has 1 atom stereocenters. The number of nitrogens with one attached hydrogen (secondary N) is 1. The predicted octanol–water partition coefficient (Wildman–Crippen LogP) is 3.62. The van der Waals surface area contributed by atoms with E-state index in [1.54, 1.807) is 11.3 Å². The molecule has 7 heteroatoms. The number of aryl methyl sites for hydroxylation is 1. The van der Waals surface area contributed by atoms with Gasteiger partial charge in [0.2, 0.25) is 11.7 Å². The summed E-state index contributed by atoms with van der Waals surface area (Å²) in [6.45, 7) is 2.03. The zero-order chi connectivity index (χ0) is 19.3. The van der Waals surface area contributed by atoms with Gasteiger partial charge in [0, 0.05) is 10.4 Å². The van der Waals surface area contributed by atoms with Crippen molar-refractivity contribution in [1.29, 1.82) is 0 Å². The molecule has 140 valence electrons. The van der Waals surface area contributed by atoms with Gasteiger partial charge in [0.15, 0.2) is 0 Å². The van der Waals surface area contributed by atoms with Crippen molar-refractivity contribution in [2.45, 2.75) is 19.5 Å². The largest absolute Gasteiger partial charge is 0.343 e. The molecule has 1 N–H and O–H groups in total. The Hall–Kier alpha value is -3.32. The normalized spacial score (nSPS) is 11.9. The van der Waals surface area contributed by atoms with E-state index in [0.717, 1.165) is 21.6 Å². The molecule has 0 bridgehead atoms. The number of benzene rings is 2. The molecule has 0 saturated carbocycles. The maximum absolute atomic E-state index is 12.6. The molecule has 0 aliphatic heterocycles. The highest BCUT2D eigenvalue weighted by molar-refractivity contribution is 7.10. The Labute approximate surface area is 166 Å². The highest BCUT2D eigenvalue weighted by atomic mass is 32.1. The lowest BCUT2D eigenvalue weighted by atomic mass is 10.1. The summed E-state index contributed by atoms with van der Waals surface area (Å²) in [5, 5.41) is 17.5. The van der Waals surface area contributed by atoms with E-state index in [2.05, 4.69) is 20.7 Å². The quantitative estimate of drug-likeness (QED) is 0.547. The van der Waals surface area contributed by atoms with Crippen molar-refractivity contribution in [1.82, 2.24) is 25.5 Å². The number of nitrogens with zero attached hydrogens (tertiary/aromatic N) is 4. The summed E-state index contributed by atoms with van der Waals surface area (Å²) in [5.74, 6) is 0.334. The van der Waals surface area contributed by atoms with Gasteiger partial charge in [-0.25, -0.2) is 0 Å². The fourth-order valence-corrected chi connectivity index (χ4v) is 3.69. The first-order valence-electron chi connectivity index (χ1n) is 8.91. The second kappa shape index (κ2) is 8.14. The highest BCUT2D eigenvalue weighted by Crippen LogP contribution is 2.25. The molecule has 28 heavy (non-hydrogen) atoms. The number of carbonyl (C=O) groups excluding carboxylic acids is 1. The Morgan fingerprint density at radius 3 is 2.57 bits per heavy atom. The minimum absolute atomic E-state index is 0.00751. The Bertz CT molecular complexity index is 1040. The third-order valence-corrected chi connectivity index (χ3v) is 5.25. The smallest absolute Gasteiger partial charge is 0.244 e. The molecule has 0 spiro atoms. The Morgan fingerprint density at radius 1 is 1.07 bits per heavy atom. The number of carbonyl (C=O) groups is 1. The van der Waals surface area contributed by atoms with Gasteiger partial charge in [-0.1, -0.05) is 66.2 Å². The van der Waals surface area contributed by atoms with Crippen molar-refractivity contribution in [3.05, 3.63) is 88.1 Å². The molecule has 2 aromatic carbocycles. The van der Waals surface area contributed by atoms with E-state index in [9.17, 15) is 4.79 Å². The number of rotatable bonds is 6. The number of hydrogen-bond acceptors (Lipinski definition) is 5. The van der Waals surface area contributed by atoms with E-state index in [1.165, 1.54) is 4.80 Å². The van der Waals surface area contributed by atoms with Crippen LogP contribution in [0.5, 0.6) is 0 Å². The molecule has 0 unspecified atom stereocenters. The Balaban J connectivity index is 1.48. The van der Waals surface area contributed by atoms with Gasteiger partial charge >= 0.3 is 0 Å². The monoisotopic (exact) mass is 389 g/mol. The van der Waals surface area contributed by atoms with Crippen LogP contribution in [0.3, 0.4) is 0 Å². The SMILES string of the molecule is Cc1ccc(-c2nnn(CC(=O)N[C@@H](c3ccccc3)c3cccs3)n2)cc1. The minimum Gasteiger partial charge on any atom is -0.343 e. The van der Waals surface area contributed by atoms with Crippen molar-refractivity contribution in [2.24, 2.45) is 0 Å². The second-order valence-electron chi connectivity index (χ2n) is 6.44. The number of aromatic nitrogens is 4. The number of hydrogen-bond donors (Lipinski definition) is 1. The van der Waals surface area contributed by atoms with E-state index in [-0.39, 0.29) is 18.5 Å². The van der Waals surface area contributed by atoms with Gasteiger partial charge in [-0.3, -0.25) is 4.79 Å². The first kappa shape index (κ1) is 18.1. The van der Waals surface area contributed by atoms with E-state index in [1.807, 2.05) is 79.0 Å². The minimum atomic E-state index is -0.200. The molecule has 2 heterocycles. The van der Waals surface area contributed by atoms with Gasteiger partial charge in [0.05, 0.1) is 6.04 Å². The van der Waals surface area contributed by atoms with Gasteiger partial charge in [0.25, 0.3) is 0 Å². The van der Waals surface area contributed by atoms with E-state index in [4.69, 9.17) is 0 Å². The topological polar surface area (TPSA) is 72.7 Å². The Morgan fingerprint density at radius 2 is 1.86 bits per heavy atom. The zero-order valence-electron chi connectivity index (χ0n) is 15.3. The van der Waals surface area contributed by atoms with Crippen LogP contribution in [-0.4, -0.2) is 26.1 Å². The second-order valence-corrected chi connectivity index (χ2v) is 7.42. The summed E-state index contributed by atoms with van der Waals surface area (Å²) in [6, 6.07) is 21.6. The molecular formula is C21H19N5OS. The number of tetrazole rings is 1. The zero-order valence-corrected chi connectivity index (χ0v) is 16.1. The van der Waals surface area contributed by atoms with Crippen LogP contribution in [0.4, 0.5) is 0 Å². The average Bonchev–Trinajstić information content (AvgIpc) is 3.40. The molecule has 6 nitrogen and oxygen atoms in total. The molecule has 0 fully saturated rings. The number of thiophene rings is 1. The fraction of sp³-hybridized carbons (Fsp3) is 0.143. The molecule has 0 aliphatic carbocycles. The lowest BCUT2D eigenvalue weighted by Gasteiger charge is -2.17. The first-order valence-corrected chi connectivity index (χ1v) is 9.79. The maximum atomic E-state index is 12.6. The number of amides is 1. The highest BCUT2D eigenvalue weighted by Gasteiger charge is 2.18. The predicted molar refractivity (Wildman–Crippen MR) is 109 cm³/mol. The van der Waals surface area contributed by atoms with Crippen molar-refractivity contribution in [3.63, 3.8) is 0 Å². The van der Waals surface area contributed by atoms with Crippen molar-refractivity contribution in [2.75, 3.05) is 0 Å². The first-order chi connectivity index (χ1) is 13.7. The van der Waals surface area contributed by atoms with Crippen LogP contribution in [0, 0.1) is 6.92 Å². The molecule has 2 aromatic heterocycles. The van der Waals surface area contributed by atoms with E-state index in [0.29, 0.717) is 5.82 Å². The summed E-state index contributed by atoms with van der Waals surface area (Å²) >= 11 is 1.61. The summed E-state index contributed by atoms with van der Waals surface area (Å²) in [6.07, 6.45) is 0. The molecule has 1 amide bonds. The summed E-state index contributed by atoms with van der Waals surface area (Å²) in [4.78, 5) is 15.0. The van der Waals surface area contributed by atoms with Crippen LogP contribution in [0.25, 0.3) is 11.4 Å². The van der Waals surface area contributed by atoms with Gasteiger partial charge in [-0.05, 0) is 29.1 Å². The molecular weight excluding hydrogens is 370 g/mol. The fourth-order valence-electron chi connectivity index (χ4n) is 2.88. The standard InChI is InChI=1S/C21H19N5OS/c1-15-9-11-17(12-10-15)21-23-25-26(24-21)14-19(27)22-20(18-8-5-13-28-18)16-6-3-2-4-7-16/h2-13,20H,14H2,1H3,(H,22,27)/t20-/m0/s1. The molecule has 4 rings (SSSR count). The van der Waals surface area contributed by atoms with Crippen LogP contribution >= 0.6 is 11.3 Å². The van der Waals surface area contributed by atoms with Crippen LogP contribution in [0.1, 0.15) is 22.0 Å². The van der Waals surface area contributed by atoms with Gasteiger partial charge in [-0.2, -0.15) is 4.80 Å². The Kier molecular flexibility index (Phi) is 5.25. The van der Waals surface area contributed by atoms with Crippen molar-refractivity contribution >= 4 is 17.2 Å². The van der Waals surface area contributed by atoms with Crippen LogP contribution in [0.15, 0.2) is 72.1 Å². The van der Waals surface area contributed by atoms with Gasteiger partial charge < -0.3 is 5.32 Å². The third-order valence-electron chi connectivity index (χ3n) is 4.31. The van der Waals surface area contributed by atoms with E-state index >= 15 is 0 Å². The van der Waals surface area contributed by atoms with E-state index < -0.39 is 0 Å². The lowest BCUT2D eigenvalue weighted by Crippen LogP contribution is -2.32. The summed E-state index contributed by atoms with van der Waals surface area (Å²) in [5.41, 5.74) is 3.07. The average molecular weight is 389 g/mol. The maximum Gasteiger partial charge on any atom is 0.244 e. The van der Waals surface area contributed by atoms with Gasteiger partial charge in [0.1, 0.15) is 6.54 Å². The molecule has 0 saturated heterocycles. The molecule has 0 aliphatic rings. The molecule has 4 aromatic rings. The third kappa shape index (κ3) is 4.15. The van der Waals surface area contributed by atoms with Crippen LogP contribution in [-0.2, 0) is 11.3 Å².